The summed E-state index contributed by atoms with van der Waals surface area (Å²) in [5, 5.41) is 0.519. The van der Waals surface area contributed by atoms with Crippen LogP contribution in [0.3, 0.4) is 0 Å². The average Bonchev–Trinajstić information content (AvgIpc) is 3.05. The Hall–Kier alpha value is -2.68. The number of thiocarbonyl (C=S) groups is 1. The Morgan fingerprint density at radius 3 is 2.44 bits per heavy atom. The molecule has 3 rings (SSSR count). The van der Waals surface area contributed by atoms with Crippen LogP contribution < -0.4 is 10.9 Å². The van der Waals surface area contributed by atoms with E-state index in [9.17, 15) is 14.4 Å². The molecule has 0 spiro atoms. The topological polar surface area (TPSA) is 78.5 Å². The summed E-state index contributed by atoms with van der Waals surface area (Å²) < 4.78 is 0.475. The summed E-state index contributed by atoms with van der Waals surface area (Å²) in [6.07, 6.45) is 3.33. The monoisotopic (exact) mass is 487 g/mol. The van der Waals surface area contributed by atoms with Crippen LogP contribution in [0, 0.1) is 0 Å². The number of aryl methyl sites for hydroxylation is 1. The number of nitrogens with one attached hydrogen (secondary N) is 2. The molecule has 32 heavy (non-hydrogen) atoms. The number of hydrazine groups is 1. The predicted molar refractivity (Wildman–Crippen MR) is 132 cm³/mol. The van der Waals surface area contributed by atoms with Crippen molar-refractivity contribution in [2.24, 2.45) is 0 Å². The Bertz CT molecular complexity index is 1050. The van der Waals surface area contributed by atoms with Gasteiger partial charge in [-0.05, 0) is 54.3 Å². The van der Waals surface area contributed by atoms with Gasteiger partial charge < -0.3 is 0 Å². The van der Waals surface area contributed by atoms with E-state index in [-0.39, 0.29) is 18.2 Å². The molecule has 1 fully saturated rings. The molecule has 9 heteroatoms. The van der Waals surface area contributed by atoms with Crippen molar-refractivity contribution >= 4 is 63.7 Å². The second-order valence-corrected chi connectivity index (χ2v) is 9.15. The number of carbonyl (C=O) groups is 3. The molecule has 2 N–H and O–H groups in total. The minimum Gasteiger partial charge on any atom is -0.293 e. The van der Waals surface area contributed by atoms with Crippen LogP contribution in [-0.4, -0.2) is 33.5 Å². The number of benzene rings is 2. The molecule has 0 aromatic heterocycles. The molecule has 2 aromatic carbocycles. The number of hydrogen-bond donors (Lipinski definition) is 2. The van der Waals surface area contributed by atoms with Crippen molar-refractivity contribution in [2.75, 3.05) is 6.54 Å². The Morgan fingerprint density at radius 2 is 1.78 bits per heavy atom. The van der Waals surface area contributed by atoms with Crippen molar-refractivity contribution in [3.8, 4) is 0 Å². The van der Waals surface area contributed by atoms with E-state index >= 15 is 0 Å². The van der Waals surface area contributed by atoms with Crippen LogP contribution >= 0.6 is 35.6 Å². The van der Waals surface area contributed by atoms with Gasteiger partial charge in [0.25, 0.3) is 11.8 Å². The van der Waals surface area contributed by atoms with Gasteiger partial charge >= 0.3 is 0 Å². The summed E-state index contributed by atoms with van der Waals surface area (Å²) in [6, 6.07) is 14.3. The summed E-state index contributed by atoms with van der Waals surface area (Å²) in [5.41, 5.74) is 7.28. The SMILES string of the molecule is CCc1ccc(C=C2SC(=S)N(CCCC(=O)NNC(=O)c3ccc(Cl)cc3)C2=O)cc1. The summed E-state index contributed by atoms with van der Waals surface area (Å²) in [6.45, 7) is 2.42. The van der Waals surface area contributed by atoms with Gasteiger partial charge in [-0.1, -0.05) is 66.8 Å². The third-order valence-electron chi connectivity index (χ3n) is 4.77. The fourth-order valence-electron chi connectivity index (χ4n) is 2.95. The van der Waals surface area contributed by atoms with Gasteiger partial charge in [0.05, 0.1) is 4.91 Å². The number of halogens is 1. The average molecular weight is 488 g/mol. The Balaban J connectivity index is 1.45. The van der Waals surface area contributed by atoms with E-state index in [0.29, 0.717) is 32.8 Å². The lowest BCUT2D eigenvalue weighted by Gasteiger charge is -2.14. The van der Waals surface area contributed by atoms with E-state index in [4.69, 9.17) is 23.8 Å². The van der Waals surface area contributed by atoms with Crippen molar-refractivity contribution in [1.29, 1.82) is 0 Å². The highest BCUT2D eigenvalue weighted by atomic mass is 35.5. The van der Waals surface area contributed by atoms with Crippen molar-refractivity contribution in [2.45, 2.75) is 26.2 Å². The third-order valence-corrected chi connectivity index (χ3v) is 6.40. The second-order valence-electron chi connectivity index (χ2n) is 7.04. The van der Waals surface area contributed by atoms with E-state index in [2.05, 4.69) is 17.8 Å². The first-order chi connectivity index (χ1) is 15.4. The molecular weight excluding hydrogens is 466 g/mol. The van der Waals surface area contributed by atoms with Gasteiger partial charge in [-0.25, -0.2) is 0 Å². The molecule has 1 aliphatic heterocycles. The van der Waals surface area contributed by atoms with Gasteiger partial charge in [0.2, 0.25) is 5.91 Å². The Morgan fingerprint density at radius 1 is 1.09 bits per heavy atom. The zero-order valence-electron chi connectivity index (χ0n) is 17.4. The van der Waals surface area contributed by atoms with Gasteiger partial charge in [0, 0.05) is 23.6 Å². The lowest BCUT2D eigenvalue weighted by atomic mass is 10.1. The quantitative estimate of drug-likeness (QED) is 0.345. The van der Waals surface area contributed by atoms with Crippen LogP contribution in [0.25, 0.3) is 6.08 Å². The van der Waals surface area contributed by atoms with Crippen molar-refractivity contribution in [1.82, 2.24) is 15.8 Å². The largest absolute Gasteiger partial charge is 0.293 e. The summed E-state index contributed by atoms with van der Waals surface area (Å²) >= 11 is 12.4. The number of nitrogens with zero attached hydrogens (tertiary/aromatic N) is 1. The summed E-state index contributed by atoms with van der Waals surface area (Å²) in [7, 11) is 0. The number of rotatable bonds is 7. The first-order valence-electron chi connectivity index (χ1n) is 10.1. The molecule has 0 bridgehead atoms. The predicted octanol–water partition coefficient (Wildman–Crippen LogP) is 4.35. The lowest BCUT2D eigenvalue weighted by Crippen LogP contribution is -2.41. The zero-order chi connectivity index (χ0) is 23.1. The minimum absolute atomic E-state index is 0.134. The van der Waals surface area contributed by atoms with Crippen LogP contribution in [0.2, 0.25) is 5.02 Å². The maximum atomic E-state index is 12.7. The number of hydrogen-bond acceptors (Lipinski definition) is 5. The molecule has 3 amide bonds. The van der Waals surface area contributed by atoms with E-state index in [0.717, 1.165) is 12.0 Å². The first-order valence-corrected chi connectivity index (χ1v) is 11.7. The van der Waals surface area contributed by atoms with E-state index in [1.807, 2.05) is 30.3 Å². The molecule has 0 unspecified atom stereocenters. The lowest BCUT2D eigenvalue weighted by molar-refractivity contribution is -0.124. The molecule has 2 aromatic rings. The zero-order valence-corrected chi connectivity index (χ0v) is 19.8. The van der Waals surface area contributed by atoms with Gasteiger partial charge in [-0.3, -0.25) is 30.1 Å². The van der Waals surface area contributed by atoms with Crippen LogP contribution in [0.15, 0.2) is 53.4 Å². The Kier molecular flexibility index (Phi) is 8.44. The van der Waals surface area contributed by atoms with Gasteiger partial charge in [-0.2, -0.15) is 0 Å². The second kappa shape index (κ2) is 11.3. The van der Waals surface area contributed by atoms with Gasteiger partial charge in [0.15, 0.2) is 0 Å². The van der Waals surface area contributed by atoms with Crippen molar-refractivity contribution < 1.29 is 14.4 Å². The summed E-state index contributed by atoms with van der Waals surface area (Å²) in [5.74, 6) is -0.954. The first kappa shape index (κ1) is 24.0. The molecule has 166 valence electrons. The molecule has 1 heterocycles. The van der Waals surface area contributed by atoms with E-state index in [1.165, 1.54) is 22.2 Å². The number of carbonyl (C=O) groups excluding carboxylic acids is 3. The maximum absolute atomic E-state index is 12.7. The van der Waals surface area contributed by atoms with Crippen LogP contribution in [0.1, 0.15) is 41.3 Å². The standard InChI is InChI=1S/C23H22ClN3O3S2/c1-2-15-5-7-16(8-6-15)14-19-22(30)27(23(31)32-19)13-3-4-20(28)25-26-21(29)17-9-11-18(24)12-10-17/h5-12,14H,2-4,13H2,1H3,(H,25,28)(H,26,29). The Labute approximate surface area is 201 Å². The normalized spacial score (nSPS) is 14.7. The number of thioether (sulfide) groups is 1. The smallest absolute Gasteiger partial charge is 0.269 e. The molecule has 0 saturated carbocycles. The highest BCUT2D eigenvalue weighted by molar-refractivity contribution is 8.26. The minimum atomic E-state index is -0.441. The highest BCUT2D eigenvalue weighted by Crippen LogP contribution is 2.32. The van der Waals surface area contributed by atoms with Crippen LogP contribution in [0.5, 0.6) is 0 Å². The van der Waals surface area contributed by atoms with Crippen molar-refractivity contribution in [3.05, 3.63) is 75.1 Å². The molecule has 0 atom stereocenters. The maximum Gasteiger partial charge on any atom is 0.269 e. The molecular formula is C23H22ClN3O3S2. The van der Waals surface area contributed by atoms with Crippen LogP contribution in [0.4, 0.5) is 0 Å². The molecule has 1 aliphatic rings. The fourth-order valence-corrected chi connectivity index (χ4v) is 4.39. The van der Waals surface area contributed by atoms with Crippen LogP contribution in [-0.2, 0) is 16.0 Å². The van der Waals surface area contributed by atoms with E-state index < -0.39 is 5.91 Å². The third kappa shape index (κ3) is 6.41. The molecule has 1 saturated heterocycles. The number of amides is 3. The fraction of sp³-hybridized carbons (Fsp3) is 0.217. The molecule has 0 radical (unpaired) electrons. The highest BCUT2D eigenvalue weighted by Gasteiger charge is 2.31. The van der Waals surface area contributed by atoms with Gasteiger partial charge in [0.1, 0.15) is 4.32 Å². The molecule has 6 nitrogen and oxygen atoms in total. The van der Waals surface area contributed by atoms with Gasteiger partial charge in [-0.15, -0.1) is 0 Å². The van der Waals surface area contributed by atoms with E-state index in [1.54, 1.807) is 24.3 Å². The van der Waals surface area contributed by atoms with Crippen molar-refractivity contribution in [3.63, 3.8) is 0 Å². The summed E-state index contributed by atoms with van der Waals surface area (Å²) in [4.78, 5) is 38.8. The molecule has 0 aliphatic carbocycles.